The Morgan fingerprint density at radius 1 is 0.551 bits per heavy atom. The zero-order valence-corrected chi connectivity index (χ0v) is 45.6. The largest absolute Gasteiger partial charge is 0.494 e. The summed E-state index contributed by atoms with van der Waals surface area (Å²) in [7, 11) is 0. The number of thiophene rings is 1. The molecule has 3 aromatic heterocycles. The maximum absolute atomic E-state index is 12.0. The van der Waals surface area contributed by atoms with E-state index in [1.807, 2.05) is 49.4 Å². The molecule has 0 amide bonds. The van der Waals surface area contributed by atoms with E-state index in [1.54, 1.807) is 35.6 Å². The predicted octanol–water partition coefficient (Wildman–Crippen LogP) is 15.9. The summed E-state index contributed by atoms with van der Waals surface area (Å²) in [6, 6.07) is 33.2. The average Bonchev–Trinajstić information content (AvgIpc) is 4.49. The fraction of sp³-hybridized carbons (Fsp3) is 0.323. The number of benzene rings is 4. The Bertz CT molecular complexity index is 3210. The number of unbranched alkanes of at least 4 members (excludes halogenated alkanes) is 8. The number of carbonyl (C=O) groups excluding carboxylic acids is 2. The Morgan fingerprint density at radius 3 is 1.49 bits per heavy atom. The first-order chi connectivity index (χ1) is 38.2. The van der Waals surface area contributed by atoms with E-state index < -0.39 is 17.6 Å². The van der Waals surface area contributed by atoms with Crippen molar-refractivity contribution in [3.8, 4) is 90.0 Å². The maximum atomic E-state index is 12.0. The fourth-order valence-corrected chi connectivity index (χ4v) is 10.7. The summed E-state index contributed by atoms with van der Waals surface area (Å²) < 4.78 is 34.9. The van der Waals surface area contributed by atoms with Gasteiger partial charge in [0.1, 0.15) is 23.7 Å². The van der Waals surface area contributed by atoms with Crippen LogP contribution < -0.4 is 9.47 Å². The lowest BCUT2D eigenvalue weighted by Gasteiger charge is -2.26. The summed E-state index contributed by atoms with van der Waals surface area (Å²) in [6.45, 7) is 19.9. The van der Waals surface area contributed by atoms with Crippen LogP contribution in [0.25, 0.3) is 66.7 Å². The van der Waals surface area contributed by atoms with Crippen molar-refractivity contribution >= 4 is 23.3 Å². The number of fused-ring (bicyclic) bond motifs is 3. The van der Waals surface area contributed by atoms with Crippen molar-refractivity contribution < 1.29 is 37.4 Å². The quantitative estimate of drug-likeness (QED) is 0.0176. The number of hydrogen-bond acceptors (Lipinski definition) is 13. The Morgan fingerprint density at radius 2 is 0.974 bits per heavy atom. The summed E-state index contributed by atoms with van der Waals surface area (Å²) in [6.07, 6.45) is 17.6. The van der Waals surface area contributed by atoms with E-state index in [0.29, 0.717) is 37.8 Å². The standard InChI is InChI=1S/C65H68N4O8S/c1-7-39-65(40-8-2)55-43-47(58-38-37-57(78-58)45-25-31-51(32-26-45)73-42-22-18-20-24-60(71)75-50(11-5)12-6)29-35-53(55)54-36-30-48(44-56(54)65)62-67-69-64(77-62)63-68-66-61(76-63)46-27-33-52(34-28-46)72-41-21-17-15-13-14-16-19-23-59(70)74-49(9-3)10-4/h9-12,25-38,43-44,49-50H,3-7,13-24,39,41-42H2,1-2H3. The van der Waals surface area contributed by atoms with Crippen LogP contribution in [0.5, 0.6) is 11.5 Å². The predicted molar refractivity (Wildman–Crippen MR) is 309 cm³/mol. The van der Waals surface area contributed by atoms with Crippen LogP contribution in [0.3, 0.4) is 0 Å². The van der Waals surface area contributed by atoms with Gasteiger partial charge in [0.25, 0.3) is 0 Å². The molecule has 0 N–H and O–H groups in total. The third kappa shape index (κ3) is 14.1. The molecule has 78 heavy (non-hydrogen) atoms. The first-order valence-electron chi connectivity index (χ1n) is 27.1. The van der Waals surface area contributed by atoms with Crippen molar-refractivity contribution in [3.05, 3.63) is 159 Å². The summed E-state index contributed by atoms with van der Waals surface area (Å²) in [5, 5.41) is 17.3. The number of ether oxygens (including phenoxy) is 4. The number of hydrogen-bond donors (Lipinski definition) is 0. The molecule has 0 aliphatic heterocycles. The maximum Gasteiger partial charge on any atom is 0.306 e. The van der Waals surface area contributed by atoms with Crippen LogP contribution >= 0.6 is 11.3 Å². The highest BCUT2D eigenvalue weighted by molar-refractivity contribution is 7.18. The topological polar surface area (TPSA) is 149 Å². The van der Waals surface area contributed by atoms with Crippen LogP contribution in [-0.4, -0.2) is 57.8 Å². The number of esters is 2. The Labute approximate surface area is 462 Å². The van der Waals surface area contributed by atoms with Crippen LogP contribution in [0.1, 0.15) is 115 Å². The van der Waals surface area contributed by atoms with Gasteiger partial charge in [-0.3, -0.25) is 9.59 Å². The summed E-state index contributed by atoms with van der Waals surface area (Å²) in [5.41, 5.74) is 7.84. The molecule has 4 aromatic carbocycles. The first-order valence-corrected chi connectivity index (χ1v) is 27.9. The van der Waals surface area contributed by atoms with Gasteiger partial charge >= 0.3 is 23.7 Å². The van der Waals surface area contributed by atoms with Gasteiger partial charge < -0.3 is 27.8 Å². The monoisotopic (exact) mass is 1060 g/mol. The highest BCUT2D eigenvalue weighted by Gasteiger charge is 2.42. The normalized spacial score (nSPS) is 13.3. The molecule has 3 heterocycles. The van der Waals surface area contributed by atoms with Crippen molar-refractivity contribution in [1.29, 1.82) is 0 Å². The molecular formula is C65H68N4O8S. The highest BCUT2D eigenvalue weighted by atomic mass is 32.1. The lowest BCUT2D eigenvalue weighted by Crippen LogP contribution is -2.23. The molecule has 0 saturated carbocycles. The van der Waals surface area contributed by atoms with E-state index in [-0.39, 0.29) is 23.7 Å². The van der Waals surface area contributed by atoms with E-state index in [2.05, 4.69) is 120 Å². The second-order valence-corrected chi connectivity index (χ2v) is 20.3. The fourth-order valence-electron chi connectivity index (χ4n) is 9.65. The smallest absolute Gasteiger partial charge is 0.306 e. The van der Waals surface area contributed by atoms with Crippen molar-refractivity contribution in [2.24, 2.45) is 0 Å². The highest BCUT2D eigenvalue weighted by Crippen LogP contribution is 2.53. The first kappa shape index (κ1) is 56.1. The van der Waals surface area contributed by atoms with Gasteiger partial charge in [-0.15, -0.1) is 37.7 Å². The van der Waals surface area contributed by atoms with Crippen molar-refractivity contribution in [3.63, 3.8) is 0 Å². The zero-order valence-electron chi connectivity index (χ0n) is 44.8. The SMILES string of the molecule is C=CC(C=C)OC(=O)CCCCCCCCCOc1ccc(-c2nnc(-c3nnc(-c4ccc5c(c4)C(C#CC)(CCC)c4cc(-c6ccc(-c7ccc(OCCCCCC(=O)OC(C=C)C=C)cc7)s6)ccc4-5)o3)o2)cc1. The zero-order chi connectivity index (χ0) is 54.7. The van der Waals surface area contributed by atoms with Gasteiger partial charge in [-0.2, -0.15) is 0 Å². The molecule has 1 unspecified atom stereocenters. The molecular weight excluding hydrogens is 997 g/mol. The van der Waals surface area contributed by atoms with Crippen LogP contribution in [0, 0.1) is 11.8 Å². The van der Waals surface area contributed by atoms with Crippen molar-refractivity contribution in [2.75, 3.05) is 13.2 Å². The molecule has 1 atom stereocenters. The molecule has 0 radical (unpaired) electrons. The molecule has 402 valence electrons. The molecule has 1 aliphatic carbocycles. The Hall–Kier alpha value is -8.08. The van der Waals surface area contributed by atoms with Gasteiger partial charge in [-0.1, -0.05) is 95.9 Å². The summed E-state index contributed by atoms with van der Waals surface area (Å²) in [5.74, 6) is 9.03. The Balaban J connectivity index is 0.842. The third-order valence-corrected chi connectivity index (χ3v) is 14.9. The second-order valence-electron chi connectivity index (χ2n) is 19.2. The van der Waals surface area contributed by atoms with Crippen molar-refractivity contribution in [2.45, 2.75) is 121 Å². The van der Waals surface area contributed by atoms with Crippen LogP contribution in [0.15, 0.2) is 157 Å². The second kappa shape index (κ2) is 27.8. The third-order valence-electron chi connectivity index (χ3n) is 13.7. The number of aromatic nitrogens is 4. The minimum Gasteiger partial charge on any atom is -0.494 e. The van der Waals surface area contributed by atoms with Crippen LogP contribution in [-0.2, 0) is 24.5 Å². The minimum absolute atomic E-state index is 0.126. The van der Waals surface area contributed by atoms with Gasteiger partial charge in [-0.25, -0.2) is 0 Å². The molecule has 7 aromatic rings. The van der Waals surface area contributed by atoms with E-state index in [9.17, 15) is 9.59 Å². The minimum atomic E-state index is -0.544. The molecule has 0 fully saturated rings. The van der Waals surface area contributed by atoms with Gasteiger partial charge in [0.05, 0.1) is 18.6 Å². The lowest BCUT2D eigenvalue weighted by molar-refractivity contribution is -0.146. The average molecular weight is 1070 g/mol. The molecule has 0 bridgehead atoms. The van der Waals surface area contributed by atoms with E-state index in [0.717, 1.165) is 122 Å². The van der Waals surface area contributed by atoms with Crippen LogP contribution in [0.2, 0.25) is 0 Å². The molecule has 12 nitrogen and oxygen atoms in total. The van der Waals surface area contributed by atoms with Crippen LogP contribution in [0.4, 0.5) is 0 Å². The van der Waals surface area contributed by atoms with Gasteiger partial charge in [0, 0.05) is 33.7 Å². The number of rotatable bonds is 31. The van der Waals surface area contributed by atoms with Gasteiger partial charge in [0.2, 0.25) is 11.8 Å². The molecule has 8 rings (SSSR count). The van der Waals surface area contributed by atoms with E-state index >= 15 is 0 Å². The Kier molecular flexibility index (Phi) is 20.0. The van der Waals surface area contributed by atoms with Gasteiger partial charge in [-0.05, 0) is 182 Å². The molecule has 0 spiro atoms. The molecule has 1 aliphatic rings. The molecule has 0 saturated heterocycles. The van der Waals surface area contributed by atoms with E-state index in [4.69, 9.17) is 27.8 Å². The van der Waals surface area contributed by atoms with Crippen molar-refractivity contribution in [1.82, 2.24) is 20.4 Å². The van der Waals surface area contributed by atoms with Gasteiger partial charge in [0.15, 0.2) is 0 Å². The number of carbonyl (C=O) groups is 2. The molecule has 13 heteroatoms. The lowest BCUT2D eigenvalue weighted by atomic mass is 9.74. The summed E-state index contributed by atoms with van der Waals surface area (Å²) >= 11 is 1.76. The van der Waals surface area contributed by atoms with E-state index in [1.165, 1.54) is 20.9 Å². The summed E-state index contributed by atoms with van der Waals surface area (Å²) in [4.78, 5) is 26.3. The number of nitrogens with zero attached hydrogens (tertiary/aromatic N) is 4.